The van der Waals surface area contributed by atoms with E-state index in [4.69, 9.17) is 38.0 Å². The van der Waals surface area contributed by atoms with Gasteiger partial charge in [0.25, 0.3) is 0 Å². The Balaban J connectivity index is 1.62. The zero-order valence-electron chi connectivity index (χ0n) is 22.0. The monoisotopic (exact) mass is 568 g/mol. The molecule has 0 saturated carbocycles. The number of esters is 1. The molecule has 0 aliphatic carbocycles. The van der Waals surface area contributed by atoms with Gasteiger partial charge in [-0.3, -0.25) is 0 Å². The van der Waals surface area contributed by atoms with Crippen molar-refractivity contribution in [2.75, 3.05) is 7.11 Å². The number of rotatable bonds is 6. The Bertz CT molecular complexity index is 1670. The summed E-state index contributed by atoms with van der Waals surface area (Å²) in [5, 5.41) is 6.06. The standard InChI is InChI=1S/C32H26Cl2N4O2/c1-3-7-20-10-12-21(13-11-20)28-27-29(22-14-16-23(17-15-22)32(39)40-2)37-19-24(33)18-26(34)30(37)35-31(27)38(36-28)25-8-5-4-6-9-25/h4-6,8-19,29H,3,7H2,1-2H3. The summed E-state index contributed by atoms with van der Waals surface area (Å²) in [6.45, 7) is 2.17. The number of nitrogens with zero attached hydrogens (tertiary/aromatic N) is 4. The summed E-state index contributed by atoms with van der Waals surface area (Å²) < 4.78 is 6.78. The lowest BCUT2D eigenvalue weighted by molar-refractivity contribution is 0.0600. The van der Waals surface area contributed by atoms with E-state index < -0.39 is 5.97 Å². The summed E-state index contributed by atoms with van der Waals surface area (Å²) >= 11 is 13.3. The second kappa shape index (κ2) is 10.8. The highest BCUT2D eigenvalue weighted by molar-refractivity contribution is 6.45. The molecule has 40 heavy (non-hydrogen) atoms. The Morgan fingerprint density at radius 3 is 2.38 bits per heavy atom. The first-order valence-electron chi connectivity index (χ1n) is 13.1. The quantitative estimate of drug-likeness (QED) is 0.221. The number of aromatic nitrogens is 2. The number of halogens is 2. The van der Waals surface area contributed by atoms with Crippen LogP contribution < -0.4 is 0 Å². The van der Waals surface area contributed by atoms with Gasteiger partial charge in [-0.15, -0.1) is 0 Å². The van der Waals surface area contributed by atoms with E-state index >= 15 is 0 Å². The summed E-state index contributed by atoms with van der Waals surface area (Å²) in [6, 6.07) is 25.5. The molecule has 8 heteroatoms. The number of ether oxygens (including phenoxy) is 1. The highest BCUT2D eigenvalue weighted by atomic mass is 35.5. The van der Waals surface area contributed by atoms with Crippen molar-refractivity contribution >= 4 is 40.8 Å². The lowest BCUT2D eigenvalue weighted by atomic mass is 9.91. The van der Waals surface area contributed by atoms with Gasteiger partial charge in [0.2, 0.25) is 0 Å². The minimum atomic E-state index is -0.394. The molecule has 4 aromatic rings. The van der Waals surface area contributed by atoms with Gasteiger partial charge >= 0.3 is 5.97 Å². The Hall–Kier alpha value is -4.13. The third kappa shape index (κ3) is 4.63. The van der Waals surface area contributed by atoms with Gasteiger partial charge in [0.05, 0.1) is 40.0 Å². The Labute approximate surface area is 242 Å². The molecule has 0 fully saturated rings. The second-order valence-corrected chi connectivity index (χ2v) is 10.5. The number of carbonyl (C=O) groups excluding carboxylic acids is 1. The molecule has 2 aliphatic heterocycles. The number of methoxy groups -OCH3 is 1. The molecule has 1 unspecified atom stereocenters. The minimum absolute atomic E-state index is 0.367. The molecule has 0 radical (unpaired) electrons. The van der Waals surface area contributed by atoms with Crippen molar-refractivity contribution < 1.29 is 9.53 Å². The number of aryl methyl sites for hydroxylation is 1. The van der Waals surface area contributed by atoms with Gasteiger partial charge < -0.3 is 9.64 Å². The summed E-state index contributed by atoms with van der Waals surface area (Å²) in [5.41, 5.74) is 6.25. The van der Waals surface area contributed by atoms with Crippen molar-refractivity contribution in [1.29, 1.82) is 0 Å². The molecular formula is C32H26Cl2N4O2. The molecule has 0 saturated heterocycles. The van der Waals surface area contributed by atoms with Gasteiger partial charge in [-0.2, -0.15) is 5.10 Å². The van der Waals surface area contributed by atoms with Crippen LogP contribution in [0.15, 0.2) is 106 Å². The highest BCUT2D eigenvalue weighted by Gasteiger charge is 2.39. The Morgan fingerprint density at radius 2 is 1.70 bits per heavy atom. The van der Waals surface area contributed by atoms with Gasteiger partial charge in [-0.05, 0) is 47.9 Å². The van der Waals surface area contributed by atoms with E-state index in [2.05, 4.69) is 31.2 Å². The molecular weight excluding hydrogens is 543 g/mol. The zero-order chi connectivity index (χ0) is 27.8. The van der Waals surface area contributed by atoms with Crippen LogP contribution in [-0.2, 0) is 11.2 Å². The van der Waals surface area contributed by atoms with E-state index in [1.807, 2.05) is 58.2 Å². The van der Waals surface area contributed by atoms with Crippen LogP contribution in [0.2, 0.25) is 0 Å². The van der Waals surface area contributed by atoms with Crippen LogP contribution in [0.25, 0.3) is 16.9 Å². The van der Waals surface area contributed by atoms with Crippen LogP contribution in [0.5, 0.6) is 0 Å². The predicted molar refractivity (Wildman–Crippen MR) is 159 cm³/mol. The first-order valence-corrected chi connectivity index (χ1v) is 13.8. The van der Waals surface area contributed by atoms with E-state index in [0.29, 0.717) is 27.3 Å². The molecule has 6 nitrogen and oxygen atoms in total. The lowest BCUT2D eigenvalue weighted by Gasteiger charge is -2.37. The lowest BCUT2D eigenvalue weighted by Crippen LogP contribution is -2.35. The predicted octanol–water partition coefficient (Wildman–Crippen LogP) is 7.93. The molecule has 1 aromatic heterocycles. The van der Waals surface area contributed by atoms with E-state index in [9.17, 15) is 4.79 Å². The number of para-hydroxylation sites is 1. The maximum atomic E-state index is 12.2. The molecule has 0 amide bonds. The molecule has 0 spiro atoms. The molecule has 0 N–H and O–H groups in total. The summed E-state index contributed by atoms with van der Waals surface area (Å²) in [7, 11) is 1.37. The van der Waals surface area contributed by atoms with Crippen LogP contribution in [0.4, 0.5) is 5.82 Å². The first kappa shape index (κ1) is 26.1. The third-order valence-corrected chi connectivity index (χ3v) is 7.54. The van der Waals surface area contributed by atoms with Gasteiger partial charge in [0.1, 0.15) is 5.69 Å². The molecule has 200 valence electrons. The minimum Gasteiger partial charge on any atom is -0.465 e. The zero-order valence-corrected chi connectivity index (χ0v) is 23.5. The van der Waals surface area contributed by atoms with Crippen molar-refractivity contribution in [3.63, 3.8) is 0 Å². The van der Waals surface area contributed by atoms with Crippen LogP contribution >= 0.6 is 23.2 Å². The number of allylic oxidation sites excluding steroid dienone is 2. The maximum Gasteiger partial charge on any atom is 0.337 e. The second-order valence-electron chi connectivity index (χ2n) is 9.65. The van der Waals surface area contributed by atoms with Crippen LogP contribution in [-0.4, -0.2) is 33.6 Å². The van der Waals surface area contributed by atoms with E-state index in [1.54, 1.807) is 18.2 Å². The molecule has 0 bridgehead atoms. The fourth-order valence-electron chi connectivity index (χ4n) is 5.20. The molecule has 3 heterocycles. The summed E-state index contributed by atoms with van der Waals surface area (Å²) in [4.78, 5) is 19.2. The van der Waals surface area contributed by atoms with Crippen molar-refractivity contribution in [1.82, 2.24) is 14.7 Å². The summed E-state index contributed by atoms with van der Waals surface area (Å²) in [5.74, 6) is 0.863. The number of aliphatic imine (C=N–C) groups is 1. The van der Waals surface area contributed by atoms with Crippen molar-refractivity contribution in [3.8, 4) is 16.9 Å². The Morgan fingerprint density at radius 1 is 0.975 bits per heavy atom. The van der Waals surface area contributed by atoms with Crippen molar-refractivity contribution in [2.45, 2.75) is 25.8 Å². The van der Waals surface area contributed by atoms with E-state index in [0.717, 1.165) is 40.9 Å². The molecule has 2 aliphatic rings. The molecule has 6 rings (SSSR count). The number of benzene rings is 3. The summed E-state index contributed by atoms with van der Waals surface area (Å²) in [6.07, 6.45) is 5.62. The van der Waals surface area contributed by atoms with Gasteiger partial charge in [0.15, 0.2) is 11.7 Å². The highest BCUT2D eigenvalue weighted by Crippen LogP contribution is 2.48. The fourth-order valence-corrected chi connectivity index (χ4v) is 5.72. The van der Waals surface area contributed by atoms with Gasteiger partial charge in [-0.1, -0.05) is 91.1 Å². The number of hydrogen-bond acceptors (Lipinski definition) is 5. The SMILES string of the molecule is CCCc1ccc(-c2nn(-c3ccccc3)c3c2C(c2ccc(C(=O)OC)cc2)N2C=C(Cl)C=C(Cl)C2=N3)cc1. The number of fused-ring (bicyclic) bond motifs is 2. The first-order chi connectivity index (χ1) is 19.5. The smallest absolute Gasteiger partial charge is 0.337 e. The van der Waals surface area contributed by atoms with E-state index in [1.165, 1.54) is 12.7 Å². The fraction of sp³-hybridized carbons (Fsp3) is 0.156. The van der Waals surface area contributed by atoms with Crippen LogP contribution in [0, 0.1) is 0 Å². The van der Waals surface area contributed by atoms with Crippen LogP contribution in [0.1, 0.15) is 46.4 Å². The topological polar surface area (TPSA) is 59.7 Å². The van der Waals surface area contributed by atoms with Crippen LogP contribution in [0.3, 0.4) is 0 Å². The number of amidine groups is 1. The van der Waals surface area contributed by atoms with Crippen molar-refractivity contribution in [2.24, 2.45) is 4.99 Å². The largest absolute Gasteiger partial charge is 0.465 e. The van der Waals surface area contributed by atoms with E-state index in [-0.39, 0.29) is 6.04 Å². The van der Waals surface area contributed by atoms with Crippen molar-refractivity contribution in [3.05, 3.63) is 123 Å². The average molecular weight is 569 g/mol. The van der Waals surface area contributed by atoms with Gasteiger partial charge in [0, 0.05) is 11.8 Å². The molecule has 3 aromatic carbocycles. The average Bonchev–Trinajstić information content (AvgIpc) is 3.36. The Kier molecular flexibility index (Phi) is 7.05. The molecule has 1 atom stereocenters. The maximum absolute atomic E-state index is 12.2. The number of hydrogen-bond donors (Lipinski definition) is 0. The number of carbonyl (C=O) groups is 1. The normalized spacial score (nSPS) is 15.9. The third-order valence-electron chi connectivity index (χ3n) is 7.06. The van der Waals surface area contributed by atoms with Gasteiger partial charge in [-0.25, -0.2) is 14.5 Å².